The molecule has 1 amide bonds. The number of aryl methyl sites for hydroxylation is 1. The van der Waals surface area contributed by atoms with Crippen molar-refractivity contribution in [1.82, 2.24) is 0 Å². The van der Waals surface area contributed by atoms with E-state index in [2.05, 4.69) is 5.32 Å². The van der Waals surface area contributed by atoms with Crippen LogP contribution in [0.25, 0.3) is 0 Å². The Hall–Kier alpha value is -3.35. The van der Waals surface area contributed by atoms with E-state index in [0.717, 1.165) is 0 Å². The highest BCUT2D eigenvalue weighted by Crippen LogP contribution is 2.22. The van der Waals surface area contributed by atoms with Gasteiger partial charge in [-0.2, -0.15) is 0 Å². The Bertz CT molecular complexity index is 842. The molecular weight excluding hydrogens is 350 g/mol. The maximum absolute atomic E-state index is 12.0. The van der Waals surface area contributed by atoms with Gasteiger partial charge < -0.3 is 19.9 Å². The molecule has 2 N–H and O–H groups in total. The summed E-state index contributed by atoms with van der Waals surface area (Å²) in [5.74, 6) is -1.97. The lowest BCUT2D eigenvalue weighted by Gasteiger charge is -2.10. The van der Waals surface area contributed by atoms with E-state index < -0.39 is 24.5 Å². The minimum Gasteiger partial charge on any atom is -0.507 e. The van der Waals surface area contributed by atoms with Crippen LogP contribution in [0.5, 0.6) is 5.75 Å². The van der Waals surface area contributed by atoms with Gasteiger partial charge in [-0.05, 0) is 56.7 Å². The van der Waals surface area contributed by atoms with Gasteiger partial charge in [0.1, 0.15) is 11.3 Å². The zero-order valence-corrected chi connectivity index (χ0v) is 15.3. The van der Waals surface area contributed by atoms with Crippen LogP contribution >= 0.6 is 0 Å². The van der Waals surface area contributed by atoms with Gasteiger partial charge in [0.05, 0.1) is 11.7 Å². The lowest BCUT2D eigenvalue weighted by atomic mass is 10.1. The van der Waals surface area contributed by atoms with Crippen molar-refractivity contribution in [3.63, 3.8) is 0 Å². The van der Waals surface area contributed by atoms with Crippen LogP contribution in [-0.4, -0.2) is 35.7 Å². The standard InChI is InChI=1S/C20H21NO6/c1-12(2)27-19(24)14-7-9-15(10-8-14)21-17(22)11-26-20(25)16-6-4-5-13(3)18(16)23/h4-10,12,23H,11H2,1-3H3,(H,21,22). The minimum absolute atomic E-state index is 0.00387. The van der Waals surface area contributed by atoms with Gasteiger partial charge in [-0.15, -0.1) is 0 Å². The van der Waals surface area contributed by atoms with Crippen LogP contribution in [-0.2, 0) is 14.3 Å². The average Bonchev–Trinajstić information content (AvgIpc) is 2.62. The highest BCUT2D eigenvalue weighted by Gasteiger charge is 2.16. The van der Waals surface area contributed by atoms with Crippen molar-refractivity contribution in [2.75, 3.05) is 11.9 Å². The fourth-order valence-corrected chi connectivity index (χ4v) is 2.20. The first kappa shape index (κ1) is 20.0. The van der Waals surface area contributed by atoms with Crippen LogP contribution in [0.2, 0.25) is 0 Å². The van der Waals surface area contributed by atoms with E-state index in [4.69, 9.17) is 9.47 Å². The zero-order chi connectivity index (χ0) is 20.0. The molecule has 2 aromatic rings. The predicted molar refractivity (Wildman–Crippen MR) is 98.7 cm³/mol. The molecule has 0 radical (unpaired) electrons. The summed E-state index contributed by atoms with van der Waals surface area (Å²) in [6, 6.07) is 10.8. The largest absolute Gasteiger partial charge is 0.507 e. The molecule has 142 valence electrons. The number of phenolic OH excluding ortho intramolecular Hbond substituents is 1. The highest BCUT2D eigenvalue weighted by molar-refractivity contribution is 5.97. The van der Waals surface area contributed by atoms with Crippen LogP contribution in [0.4, 0.5) is 5.69 Å². The number of hydrogen-bond acceptors (Lipinski definition) is 6. The SMILES string of the molecule is Cc1cccc(C(=O)OCC(=O)Nc2ccc(C(=O)OC(C)C)cc2)c1O. The van der Waals surface area contributed by atoms with E-state index in [1.807, 2.05) is 0 Å². The Kier molecular flexibility index (Phi) is 6.54. The molecule has 0 fully saturated rings. The molecule has 7 heteroatoms. The van der Waals surface area contributed by atoms with Crippen LogP contribution in [0.15, 0.2) is 42.5 Å². The summed E-state index contributed by atoms with van der Waals surface area (Å²) < 4.78 is 10.00. The first-order valence-corrected chi connectivity index (χ1v) is 8.34. The van der Waals surface area contributed by atoms with Gasteiger partial charge in [-0.25, -0.2) is 9.59 Å². The summed E-state index contributed by atoms with van der Waals surface area (Å²) in [6.07, 6.45) is -0.223. The summed E-state index contributed by atoms with van der Waals surface area (Å²) in [5, 5.41) is 12.4. The van der Waals surface area contributed by atoms with Gasteiger partial charge in [0.25, 0.3) is 5.91 Å². The van der Waals surface area contributed by atoms with Crippen molar-refractivity contribution in [2.24, 2.45) is 0 Å². The number of amides is 1. The topological polar surface area (TPSA) is 102 Å². The van der Waals surface area contributed by atoms with E-state index in [-0.39, 0.29) is 17.4 Å². The molecule has 0 aliphatic carbocycles. The second-order valence-corrected chi connectivity index (χ2v) is 6.13. The van der Waals surface area contributed by atoms with E-state index >= 15 is 0 Å². The second-order valence-electron chi connectivity index (χ2n) is 6.13. The Labute approximate surface area is 156 Å². The molecule has 0 aromatic heterocycles. The summed E-state index contributed by atoms with van der Waals surface area (Å²) in [7, 11) is 0. The highest BCUT2D eigenvalue weighted by atomic mass is 16.5. The molecule has 0 aliphatic rings. The number of para-hydroxylation sites is 1. The molecule has 0 aliphatic heterocycles. The first-order chi connectivity index (χ1) is 12.8. The number of ether oxygens (including phenoxy) is 2. The Morgan fingerprint density at radius 3 is 2.33 bits per heavy atom. The van der Waals surface area contributed by atoms with Crippen LogP contribution in [0.1, 0.15) is 40.1 Å². The van der Waals surface area contributed by atoms with Crippen molar-refractivity contribution in [2.45, 2.75) is 26.9 Å². The van der Waals surface area contributed by atoms with E-state index in [1.165, 1.54) is 18.2 Å². The number of nitrogens with one attached hydrogen (secondary N) is 1. The third-order valence-electron chi connectivity index (χ3n) is 3.54. The van der Waals surface area contributed by atoms with Gasteiger partial charge in [0.2, 0.25) is 0 Å². The van der Waals surface area contributed by atoms with Gasteiger partial charge in [0.15, 0.2) is 6.61 Å². The fourth-order valence-electron chi connectivity index (χ4n) is 2.20. The number of esters is 2. The third kappa shape index (κ3) is 5.57. The Morgan fingerprint density at radius 2 is 1.70 bits per heavy atom. The van der Waals surface area contributed by atoms with Crippen molar-refractivity contribution >= 4 is 23.5 Å². The monoisotopic (exact) mass is 371 g/mol. The Morgan fingerprint density at radius 1 is 1.04 bits per heavy atom. The number of aromatic hydroxyl groups is 1. The molecule has 7 nitrogen and oxygen atoms in total. The maximum atomic E-state index is 12.0. The van der Waals surface area contributed by atoms with Crippen molar-refractivity contribution in [3.05, 3.63) is 59.2 Å². The van der Waals surface area contributed by atoms with Crippen molar-refractivity contribution in [3.8, 4) is 5.75 Å². The van der Waals surface area contributed by atoms with E-state index in [0.29, 0.717) is 16.8 Å². The van der Waals surface area contributed by atoms with Crippen molar-refractivity contribution in [1.29, 1.82) is 0 Å². The van der Waals surface area contributed by atoms with Crippen LogP contribution < -0.4 is 5.32 Å². The normalized spacial score (nSPS) is 10.4. The summed E-state index contributed by atoms with van der Waals surface area (Å²) in [6.45, 7) is 4.65. The number of phenols is 1. The molecule has 0 spiro atoms. The Balaban J connectivity index is 1.89. The van der Waals surface area contributed by atoms with Crippen LogP contribution in [0, 0.1) is 6.92 Å². The number of rotatable bonds is 6. The first-order valence-electron chi connectivity index (χ1n) is 8.34. The summed E-state index contributed by atoms with van der Waals surface area (Å²) in [5.41, 5.74) is 1.33. The number of hydrogen-bond donors (Lipinski definition) is 2. The van der Waals surface area contributed by atoms with E-state index in [1.54, 1.807) is 45.0 Å². The van der Waals surface area contributed by atoms with Gasteiger partial charge >= 0.3 is 11.9 Å². The molecule has 2 rings (SSSR count). The van der Waals surface area contributed by atoms with Crippen molar-refractivity contribution < 1.29 is 29.0 Å². The molecule has 0 unspecified atom stereocenters. The fraction of sp³-hybridized carbons (Fsp3) is 0.250. The molecule has 2 aromatic carbocycles. The molecule has 27 heavy (non-hydrogen) atoms. The molecule has 0 saturated heterocycles. The quantitative estimate of drug-likeness (QED) is 0.757. The van der Waals surface area contributed by atoms with Gasteiger partial charge in [0, 0.05) is 5.69 Å². The summed E-state index contributed by atoms with van der Waals surface area (Å²) >= 11 is 0. The molecular formula is C20H21NO6. The number of carbonyl (C=O) groups is 3. The molecule has 0 atom stereocenters. The van der Waals surface area contributed by atoms with Gasteiger partial charge in [-0.1, -0.05) is 12.1 Å². The number of benzene rings is 2. The maximum Gasteiger partial charge on any atom is 0.342 e. The lowest BCUT2D eigenvalue weighted by molar-refractivity contribution is -0.119. The number of anilines is 1. The molecule has 0 heterocycles. The van der Waals surface area contributed by atoms with E-state index in [9.17, 15) is 19.5 Å². The minimum atomic E-state index is -0.793. The predicted octanol–water partition coefficient (Wildman–Crippen LogP) is 3.06. The third-order valence-corrected chi connectivity index (χ3v) is 3.54. The second kappa shape index (κ2) is 8.84. The smallest absolute Gasteiger partial charge is 0.342 e. The zero-order valence-electron chi connectivity index (χ0n) is 15.3. The molecule has 0 saturated carbocycles. The average molecular weight is 371 g/mol. The molecule has 0 bridgehead atoms. The number of carbonyl (C=O) groups excluding carboxylic acids is 3. The van der Waals surface area contributed by atoms with Crippen LogP contribution in [0.3, 0.4) is 0 Å². The lowest BCUT2D eigenvalue weighted by Crippen LogP contribution is -2.21. The van der Waals surface area contributed by atoms with Gasteiger partial charge in [-0.3, -0.25) is 4.79 Å². The summed E-state index contributed by atoms with van der Waals surface area (Å²) in [4.78, 5) is 35.7.